The summed E-state index contributed by atoms with van der Waals surface area (Å²) in [6.45, 7) is 4.16. The maximum Gasteiger partial charge on any atom is 0.250 e. The van der Waals surface area contributed by atoms with Gasteiger partial charge in [0.05, 0.1) is 15.5 Å². The summed E-state index contributed by atoms with van der Waals surface area (Å²) in [5, 5.41) is 6.51. The first-order valence-corrected chi connectivity index (χ1v) is 11.2. The second kappa shape index (κ2) is 7.09. The van der Waals surface area contributed by atoms with E-state index in [1.807, 2.05) is 42.1 Å². The summed E-state index contributed by atoms with van der Waals surface area (Å²) in [6, 6.07) is 9.12. The molecular formula is C15H16BrN3O2S3. The van der Waals surface area contributed by atoms with Gasteiger partial charge in [-0.3, -0.25) is 4.68 Å². The number of rotatable bonds is 6. The van der Waals surface area contributed by atoms with Crippen molar-refractivity contribution >= 4 is 48.6 Å². The lowest BCUT2D eigenvalue weighted by molar-refractivity contribution is 0.500. The number of thiophene rings is 2. The van der Waals surface area contributed by atoms with E-state index in [9.17, 15) is 8.42 Å². The van der Waals surface area contributed by atoms with Crippen molar-refractivity contribution in [3.8, 4) is 0 Å². The van der Waals surface area contributed by atoms with Gasteiger partial charge in [-0.05, 0) is 59.4 Å². The predicted octanol–water partition coefficient (Wildman–Crippen LogP) is 3.95. The summed E-state index contributed by atoms with van der Waals surface area (Å²) in [5.74, 6) is 0. The zero-order valence-corrected chi connectivity index (χ0v) is 17.1. The second-order valence-corrected chi connectivity index (χ2v) is 10.7. The molecule has 1 atom stereocenters. The normalized spacial score (nSPS) is 13.3. The van der Waals surface area contributed by atoms with E-state index < -0.39 is 10.0 Å². The number of hydrogen-bond acceptors (Lipinski definition) is 5. The SMILES string of the molecule is Cc1cc(C)n(C(CNS(=O)(=O)c2ccc(Br)s2)c2cccs2)n1. The lowest BCUT2D eigenvalue weighted by Gasteiger charge is -2.18. The second-order valence-electron chi connectivity index (χ2n) is 5.31. The molecule has 0 fully saturated rings. The fraction of sp³-hybridized carbons (Fsp3) is 0.267. The maximum atomic E-state index is 12.5. The number of aromatic nitrogens is 2. The number of aryl methyl sites for hydroxylation is 2. The van der Waals surface area contributed by atoms with Crippen LogP contribution in [0.3, 0.4) is 0 Å². The van der Waals surface area contributed by atoms with Gasteiger partial charge in [0, 0.05) is 17.1 Å². The molecule has 0 saturated heterocycles. The van der Waals surface area contributed by atoms with Crippen LogP contribution in [0.2, 0.25) is 0 Å². The standard InChI is InChI=1S/C15H16BrN3O2S3/c1-10-8-11(2)19(18-10)12(13-4-3-7-22-13)9-17-24(20,21)15-6-5-14(16)23-15/h3-8,12,17H,9H2,1-2H3. The van der Waals surface area contributed by atoms with Gasteiger partial charge >= 0.3 is 0 Å². The fourth-order valence-corrected chi connectivity index (χ4v) is 6.36. The average Bonchev–Trinajstić information content (AvgIpc) is 3.22. The summed E-state index contributed by atoms with van der Waals surface area (Å²) in [6.07, 6.45) is 0. The van der Waals surface area contributed by atoms with Crippen LogP contribution in [-0.4, -0.2) is 24.7 Å². The van der Waals surface area contributed by atoms with Crippen LogP contribution in [0.15, 0.2) is 43.7 Å². The van der Waals surface area contributed by atoms with Gasteiger partial charge in [-0.2, -0.15) is 5.10 Å². The largest absolute Gasteiger partial charge is 0.260 e. The average molecular weight is 446 g/mol. The Kier molecular flexibility index (Phi) is 5.26. The first kappa shape index (κ1) is 17.8. The summed E-state index contributed by atoms with van der Waals surface area (Å²) >= 11 is 6.09. The molecule has 3 rings (SSSR count). The van der Waals surface area contributed by atoms with Gasteiger partial charge in [0.15, 0.2) is 0 Å². The molecule has 0 aliphatic rings. The third kappa shape index (κ3) is 3.80. The van der Waals surface area contributed by atoms with Crippen molar-refractivity contribution in [3.63, 3.8) is 0 Å². The minimum Gasteiger partial charge on any atom is -0.260 e. The van der Waals surface area contributed by atoms with Crippen molar-refractivity contribution in [2.45, 2.75) is 24.1 Å². The van der Waals surface area contributed by atoms with Gasteiger partial charge in [0.25, 0.3) is 0 Å². The van der Waals surface area contributed by atoms with E-state index in [-0.39, 0.29) is 12.6 Å². The molecule has 0 aliphatic carbocycles. The zero-order valence-electron chi connectivity index (χ0n) is 13.1. The number of halogens is 1. The van der Waals surface area contributed by atoms with Gasteiger partial charge in [-0.1, -0.05) is 6.07 Å². The molecule has 128 valence electrons. The highest BCUT2D eigenvalue weighted by molar-refractivity contribution is 9.11. The molecule has 0 radical (unpaired) electrons. The molecule has 0 saturated carbocycles. The Hall–Kier alpha value is -1.00. The summed E-state index contributed by atoms with van der Waals surface area (Å²) < 4.78 is 30.7. The van der Waals surface area contributed by atoms with Crippen molar-refractivity contribution in [1.82, 2.24) is 14.5 Å². The number of sulfonamides is 1. The van der Waals surface area contributed by atoms with E-state index in [1.165, 1.54) is 11.3 Å². The van der Waals surface area contributed by atoms with E-state index in [0.717, 1.165) is 20.1 Å². The van der Waals surface area contributed by atoms with Gasteiger partial charge in [-0.25, -0.2) is 13.1 Å². The topological polar surface area (TPSA) is 64.0 Å². The molecule has 1 N–H and O–H groups in total. The molecule has 1 unspecified atom stereocenters. The Morgan fingerprint density at radius 1 is 1.33 bits per heavy atom. The zero-order chi connectivity index (χ0) is 17.3. The highest BCUT2D eigenvalue weighted by atomic mass is 79.9. The van der Waals surface area contributed by atoms with Crippen LogP contribution in [0.5, 0.6) is 0 Å². The Bertz CT molecular complexity index is 929. The van der Waals surface area contributed by atoms with Gasteiger partial charge < -0.3 is 0 Å². The molecule has 0 aliphatic heterocycles. The van der Waals surface area contributed by atoms with Crippen LogP contribution in [-0.2, 0) is 10.0 Å². The molecule has 24 heavy (non-hydrogen) atoms. The Morgan fingerprint density at radius 3 is 2.67 bits per heavy atom. The monoisotopic (exact) mass is 445 g/mol. The minimum atomic E-state index is -3.54. The molecule has 0 amide bonds. The quantitative estimate of drug-likeness (QED) is 0.624. The van der Waals surface area contributed by atoms with Crippen molar-refractivity contribution < 1.29 is 8.42 Å². The molecule has 9 heteroatoms. The van der Waals surface area contributed by atoms with Crippen molar-refractivity contribution in [1.29, 1.82) is 0 Å². The molecular weight excluding hydrogens is 430 g/mol. The molecule has 3 heterocycles. The van der Waals surface area contributed by atoms with Crippen LogP contribution in [0.4, 0.5) is 0 Å². The molecule has 0 aromatic carbocycles. The smallest absolute Gasteiger partial charge is 0.250 e. The van der Waals surface area contributed by atoms with Crippen LogP contribution in [0.25, 0.3) is 0 Å². The van der Waals surface area contributed by atoms with E-state index in [0.29, 0.717) is 4.21 Å². The van der Waals surface area contributed by atoms with E-state index in [2.05, 4.69) is 25.8 Å². The van der Waals surface area contributed by atoms with Crippen LogP contribution in [0, 0.1) is 13.8 Å². The summed E-state index contributed by atoms with van der Waals surface area (Å²) in [5.41, 5.74) is 1.92. The Labute approximate surface area is 157 Å². The molecule has 3 aromatic rings. The first-order valence-electron chi connectivity index (χ1n) is 7.18. The lowest BCUT2D eigenvalue weighted by Crippen LogP contribution is -2.31. The minimum absolute atomic E-state index is 0.170. The Morgan fingerprint density at radius 2 is 2.12 bits per heavy atom. The van der Waals surface area contributed by atoms with Crippen LogP contribution in [0.1, 0.15) is 22.3 Å². The van der Waals surface area contributed by atoms with Crippen LogP contribution >= 0.6 is 38.6 Å². The lowest BCUT2D eigenvalue weighted by atomic mass is 10.2. The maximum absolute atomic E-state index is 12.5. The summed E-state index contributed by atoms with van der Waals surface area (Å²) in [4.78, 5) is 1.07. The molecule has 0 bridgehead atoms. The fourth-order valence-electron chi connectivity index (χ4n) is 2.45. The van der Waals surface area contributed by atoms with Crippen LogP contribution < -0.4 is 4.72 Å². The highest BCUT2D eigenvalue weighted by Crippen LogP contribution is 2.27. The predicted molar refractivity (Wildman–Crippen MR) is 101 cm³/mol. The van der Waals surface area contributed by atoms with Gasteiger partial charge in [0.2, 0.25) is 10.0 Å². The molecule has 5 nitrogen and oxygen atoms in total. The Balaban J connectivity index is 1.87. The van der Waals surface area contributed by atoms with Crippen molar-refractivity contribution in [3.05, 3.63) is 55.8 Å². The first-order chi connectivity index (χ1) is 11.4. The van der Waals surface area contributed by atoms with E-state index in [4.69, 9.17) is 0 Å². The molecule has 0 spiro atoms. The number of hydrogen-bond donors (Lipinski definition) is 1. The van der Waals surface area contributed by atoms with Crippen molar-refractivity contribution in [2.24, 2.45) is 0 Å². The third-order valence-corrected chi connectivity index (χ3v) is 8.00. The van der Waals surface area contributed by atoms with Gasteiger partial charge in [0.1, 0.15) is 4.21 Å². The third-order valence-electron chi connectivity index (χ3n) is 3.49. The number of nitrogens with zero attached hydrogens (tertiary/aromatic N) is 2. The van der Waals surface area contributed by atoms with Crippen molar-refractivity contribution in [2.75, 3.05) is 6.54 Å². The van der Waals surface area contributed by atoms with Gasteiger partial charge in [-0.15, -0.1) is 22.7 Å². The molecule has 3 aromatic heterocycles. The highest BCUT2D eigenvalue weighted by Gasteiger charge is 2.23. The number of nitrogens with one attached hydrogen (secondary N) is 1. The van der Waals surface area contributed by atoms with E-state index >= 15 is 0 Å². The van der Waals surface area contributed by atoms with E-state index in [1.54, 1.807) is 23.5 Å². The summed E-state index contributed by atoms with van der Waals surface area (Å²) in [7, 11) is -3.54.